The average molecular weight is 364 g/mol. The van der Waals surface area contributed by atoms with Gasteiger partial charge in [0.25, 0.3) is 0 Å². The van der Waals surface area contributed by atoms with Crippen LogP contribution in [0.1, 0.15) is 37.4 Å². The molecule has 0 bridgehead atoms. The molecule has 0 spiro atoms. The standard InChI is InChI=1S/C17H28N6O3/c1-5-25-10-13-22-14-15(11(3)12(4)21-16(14)18)23(13)20-9-7-8-19-17(24)26-6-2/h20H,5-10H2,1-4H3,(H2,18,21)(H,19,24). The van der Waals surface area contributed by atoms with Crippen LogP contribution >= 0.6 is 0 Å². The van der Waals surface area contributed by atoms with E-state index in [2.05, 4.69) is 20.7 Å². The lowest BCUT2D eigenvalue weighted by Gasteiger charge is -2.14. The molecule has 2 aromatic heterocycles. The van der Waals surface area contributed by atoms with Gasteiger partial charge in [-0.3, -0.25) is 0 Å². The number of alkyl carbamates (subject to hydrolysis) is 1. The zero-order valence-corrected chi connectivity index (χ0v) is 15.9. The maximum absolute atomic E-state index is 11.3. The minimum Gasteiger partial charge on any atom is -0.450 e. The number of ether oxygens (including phenoxy) is 2. The van der Waals surface area contributed by atoms with E-state index in [0.29, 0.717) is 44.2 Å². The SMILES string of the molecule is CCOCc1nc2c(N)nc(C)c(C)c2n1NCCCNC(=O)OCC. The van der Waals surface area contributed by atoms with Crippen LogP contribution in [0, 0.1) is 13.8 Å². The van der Waals surface area contributed by atoms with Crippen LogP contribution in [0.25, 0.3) is 11.0 Å². The van der Waals surface area contributed by atoms with E-state index in [4.69, 9.17) is 15.2 Å². The number of carbonyl (C=O) groups excluding carboxylic acids is 1. The fourth-order valence-corrected chi connectivity index (χ4v) is 2.59. The molecule has 0 saturated heterocycles. The van der Waals surface area contributed by atoms with Gasteiger partial charge in [0.05, 0.1) is 12.1 Å². The fraction of sp³-hybridized carbons (Fsp3) is 0.588. The number of anilines is 1. The van der Waals surface area contributed by atoms with Crippen molar-refractivity contribution in [2.75, 3.05) is 37.5 Å². The third-order valence-corrected chi connectivity index (χ3v) is 3.98. The summed E-state index contributed by atoms with van der Waals surface area (Å²) in [6, 6.07) is 0. The van der Waals surface area contributed by atoms with Crippen molar-refractivity contribution < 1.29 is 14.3 Å². The number of nitrogens with two attached hydrogens (primary N) is 1. The molecule has 0 fully saturated rings. The Kier molecular flexibility index (Phi) is 7.02. The van der Waals surface area contributed by atoms with Gasteiger partial charge in [-0.2, -0.15) is 0 Å². The van der Waals surface area contributed by atoms with E-state index < -0.39 is 6.09 Å². The summed E-state index contributed by atoms with van der Waals surface area (Å²) in [7, 11) is 0. The number of nitrogens with zero attached hydrogens (tertiary/aromatic N) is 3. The maximum Gasteiger partial charge on any atom is 0.407 e. The van der Waals surface area contributed by atoms with Crippen LogP contribution in [0.15, 0.2) is 0 Å². The second kappa shape index (κ2) is 9.23. The molecular weight excluding hydrogens is 336 g/mol. The van der Waals surface area contributed by atoms with Gasteiger partial charge in [0.1, 0.15) is 12.1 Å². The van der Waals surface area contributed by atoms with Crippen LogP contribution in [-0.4, -0.2) is 47.0 Å². The van der Waals surface area contributed by atoms with Crippen molar-refractivity contribution in [1.82, 2.24) is 20.0 Å². The van der Waals surface area contributed by atoms with Gasteiger partial charge in [-0.15, -0.1) is 0 Å². The maximum atomic E-state index is 11.3. The lowest BCUT2D eigenvalue weighted by molar-refractivity contribution is 0.127. The molecule has 0 aliphatic heterocycles. The number of hydrogen-bond acceptors (Lipinski definition) is 7. The number of amides is 1. The molecule has 144 valence electrons. The van der Waals surface area contributed by atoms with Gasteiger partial charge in [-0.05, 0) is 39.7 Å². The summed E-state index contributed by atoms with van der Waals surface area (Å²) >= 11 is 0. The Hall–Kier alpha value is -2.55. The molecule has 26 heavy (non-hydrogen) atoms. The Morgan fingerprint density at radius 2 is 1.96 bits per heavy atom. The number of rotatable bonds is 9. The Bertz CT molecular complexity index is 759. The molecule has 2 heterocycles. The normalized spacial score (nSPS) is 10.9. The number of aromatic nitrogens is 3. The Morgan fingerprint density at radius 3 is 2.65 bits per heavy atom. The first-order valence-corrected chi connectivity index (χ1v) is 8.85. The third-order valence-electron chi connectivity index (χ3n) is 3.98. The van der Waals surface area contributed by atoms with Crippen LogP contribution in [-0.2, 0) is 16.1 Å². The highest BCUT2D eigenvalue weighted by Crippen LogP contribution is 2.25. The number of nitrogen functional groups attached to an aromatic ring is 1. The fourth-order valence-electron chi connectivity index (χ4n) is 2.59. The van der Waals surface area contributed by atoms with Crippen molar-refractivity contribution in [3.8, 4) is 0 Å². The smallest absolute Gasteiger partial charge is 0.407 e. The predicted octanol–water partition coefficient (Wildman–Crippen LogP) is 1.85. The number of nitrogens with one attached hydrogen (secondary N) is 2. The Morgan fingerprint density at radius 1 is 1.19 bits per heavy atom. The quantitative estimate of drug-likeness (QED) is 0.581. The van der Waals surface area contributed by atoms with E-state index in [1.807, 2.05) is 25.4 Å². The van der Waals surface area contributed by atoms with E-state index in [-0.39, 0.29) is 0 Å². The molecule has 2 rings (SSSR count). The Balaban J connectivity index is 2.14. The second-order valence-corrected chi connectivity index (χ2v) is 5.81. The van der Waals surface area contributed by atoms with Crippen LogP contribution in [0.2, 0.25) is 0 Å². The number of hydrogen-bond donors (Lipinski definition) is 3. The number of aryl methyl sites for hydroxylation is 2. The van der Waals surface area contributed by atoms with Gasteiger partial charge in [0, 0.05) is 25.4 Å². The summed E-state index contributed by atoms with van der Waals surface area (Å²) in [6.45, 7) is 10.1. The minimum atomic E-state index is -0.400. The van der Waals surface area contributed by atoms with Crippen LogP contribution < -0.4 is 16.5 Å². The van der Waals surface area contributed by atoms with Gasteiger partial charge >= 0.3 is 6.09 Å². The zero-order chi connectivity index (χ0) is 19.1. The highest BCUT2D eigenvalue weighted by molar-refractivity contribution is 5.88. The van der Waals surface area contributed by atoms with Gasteiger partial charge < -0.3 is 25.9 Å². The van der Waals surface area contributed by atoms with Crippen LogP contribution in [0.5, 0.6) is 0 Å². The largest absolute Gasteiger partial charge is 0.450 e. The van der Waals surface area contributed by atoms with Gasteiger partial charge in [-0.1, -0.05) is 0 Å². The van der Waals surface area contributed by atoms with Crippen molar-refractivity contribution >= 4 is 22.9 Å². The van der Waals surface area contributed by atoms with Crippen molar-refractivity contribution in [3.63, 3.8) is 0 Å². The van der Waals surface area contributed by atoms with Crippen molar-refractivity contribution in [3.05, 3.63) is 17.1 Å². The number of carbonyl (C=O) groups is 1. The minimum absolute atomic E-state index is 0.361. The lowest BCUT2D eigenvalue weighted by Crippen LogP contribution is -2.28. The molecule has 2 aromatic rings. The molecule has 0 saturated carbocycles. The summed E-state index contributed by atoms with van der Waals surface area (Å²) in [5, 5.41) is 2.70. The lowest BCUT2D eigenvalue weighted by atomic mass is 10.2. The van der Waals surface area contributed by atoms with Crippen molar-refractivity contribution in [2.24, 2.45) is 0 Å². The first-order valence-electron chi connectivity index (χ1n) is 8.85. The summed E-state index contributed by atoms with van der Waals surface area (Å²) < 4.78 is 12.3. The van der Waals surface area contributed by atoms with Crippen LogP contribution in [0.4, 0.5) is 10.6 Å². The summed E-state index contributed by atoms with van der Waals surface area (Å²) in [4.78, 5) is 20.3. The molecule has 9 nitrogen and oxygen atoms in total. The third kappa shape index (κ3) is 4.54. The molecule has 0 aromatic carbocycles. The second-order valence-electron chi connectivity index (χ2n) is 5.81. The van der Waals surface area contributed by atoms with Gasteiger partial charge in [0.15, 0.2) is 11.6 Å². The summed E-state index contributed by atoms with van der Waals surface area (Å²) in [6.07, 6.45) is 0.327. The van der Waals surface area contributed by atoms with E-state index >= 15 is 0 Å². The molecule has 0 aliphatic carbocycles. The average Bonchev–Trinajstić information content (AvgIpc) is 2.97. The topological polar surface area (TPSA) is 116 Å². The van der Waals surface area contributed by atoms with E-state index in [1.54, 1.807) is 6.92 Å². The first kappa shape index (κ1) is 19.8. The zero-order valence-electron chi connectivity index (χ0n) is 15.9. The Labute approximate surface area is 153 Å². The number of fused-ring (bicyclic) bond motifs is 1. The van der Waals surface area contributed by atoms with Crippen LogP contribution in [0.3, 0.4) is 0 Å². The number of imidazole rings is 1. The molecule has 0 aliphatic rings. The molecule has 0 radical (unpaired) electrons. The van der Waals surface area contributed by atoms with Crippen molar-refractivity contribution in [1.29, 1.82) is 0 Å². The molecule has 9 heteroatoms. The highest BCUT2D eigenvalue weighted by atomic mass is 16.5. The summed E-state index contributed by atoms with van der Waals surface area (Å²) in [5.41, 5.74) is 12.9. The van der Waals surface area contributed by atoms with E-state index in [0.717, 1.165) is 29.0 Å². The predicted molar refractivity (Wildman–Crippen MR) is 101 cm³/mol. The van der Waals surface area contributed by atoms with Gasteiger partial charge in [0.2, 0.25) is 0 Å². The summed E-state index contributed by atoms with van der Waals surface area (Å²) in [5.74, 6) is 1.15. The number of pyridine rings is 1. The van der Waals surface area contributed by atoms with E-state index in [9.17, 15) is 4.79 Å². The molecule has 4 N–H and O–H groups in total. The van der Waals surface area contributed by atoms with Gasteiger partial charge in [-0.25, -0.2) is 19.4 Å². The molecule has 1 amide bonds. The molecule has 0 atom stereocenters. The van der Waals surface area contributed by atoms with Crippen molar-refractivity contribution in [2.45, 2.75) is 40.7 Å². The molecule has 0 unspecified atom stereocenters. The van der Waals surface area contributed by atoms with E-state index in [1.165, 1.54) is 0 Å². The molecular formula is C17H28N6O3. The highest BCUT2D eigenvalue weighted by Gasteiger charge is 2.17. The first-order chi connectivity index (χ1) is 12.5. The monoisotopic (exact) mass is 364 g/mol.